The van der Waals surface area contributed by atoms with Crippen LogP contribution in [0.25, 0.3) is 0 Å². The van der Waals surface area contributed by atoms with Gasteiger partial charge in [-0.1, -0.05) is 34.1 Å². The van der Waals surface area contributed by atoms with Gasteiger partial charge in [0.1, 0.15) is 0 Å². The van der Waals surface area contributed by atoms with Crippen LogP contribution < -0.4 is 0 Å². The van der Waals surface area contributed by atoms with Crippen LogP contribution in [0, 0.1) is 0 Å². The maximum absolute atomic E-state index is 2.42. The van der Waals surface area contributed by atoms with Crippen molar-refractivity contribution in [3.05, 3.63) is 0 Å². The summed E-state index contributed by atoms with van der Waals surface area (Å²) >= 11 is 0. The molecular formula is C9H21P. The highest BCUT2D eigenvalue weighted by atomic mass is 31.1. The summed E-state index contributed by atoms with van der Waals surface area (Å²) in [5.41, 5.74) is 0. The number of hydrogen-bond donors (Lipinski definition) is 0. The SMILES string of the molecule is CCCC(C)(C)P(C)CC. The molecule has 0 nitrogen and oxygen atoms in total. The predicted octanol–water partition coefficient (Wildman–Crippen LogP) is 3.70. The van der Waals surface area contributed by atoms with Crippen LogP contribution in [-0.4, -0.2) is 18.0 Å². The Balaban J connectivity index is 3.82. The van der Waals surface area contributed by atoms with Gasteiger partial charge in [-0.25, -0.2) is 0 Å². The first-order valence-corrected chi connectivity index (χ1v) is 6.23. The standard InChI is InChI=1S/C9H21P/c1-6-8-9(3,4)10(5)7-2/h6-8H2,1-5H3. The molecule has 0 radical (unpaired) electrons. The molecule has 0 aromatic heterocycles. The minimum absolute atomic E-state index is 0.273. The second kappa shape index (κ2) is 4.34. The van der Waals surface area contributed by atoms with Gasteiger partial charge in [-0.05, 0) is 24.4 Å². The van der Waals surface area contributed by atoms with Gasteiger partial charge in [0.2, 0.25) is 0 Å². The Kier molecular flexibility index (Phi) is 4.52. The van der Waals surface area contributed by atoms with Gasteiger partial charge in [0.05, 0.1) is 0 Å². The molecule has 0 saturated heterocycles. The van der Waals surface area contributed by atoms with Gasteiger partial charge in [0, 0.05) is 0 Å². The third kappa shape index (κ3) is 3.01. The lowest BCUT2D eigenvalue weighted by Gasteiger charge is -2.31. The third-order valence-corrected chi connectivity index (χ3v) is 5.61. The monoisotopic (exact) mass is 160 g/mol. The summed E-state index contributed by atoms with van der Waals surface area (Å²) in [4.78, 5) is 0. The molecule has 0 amide bonds. The van der Waals surface area contributed by atoms with Crippen molar-refractivity contribution in [3.8, 4) is 0 Å². The fourth-order valence-electron chi connectivity index (χ4n) is 1.23. The van der Waals surface area contributed by atoms with Crippen molar-refractivity contribution in [2.75, 3.05) is 12.8 Å². The van der Waals surface area contributed by atoms with Gasteiger partial charge in [0.15, 0.2) is 0 Å². The predicted molar refractivity (Wildman–Crippen MR) is 52.4 cm³/mol. The molecule has 62 valence electrons. The van der Waals surface area contributed by atoms with E-state index in [4.69, 9.17) is 0 Å². The topological polar surface area (TPSA) is 0 Å². The summed E-state index contributed by atoms with van der Waals surface area (Å²) in [5.74, 6) is 0. The maximum Gasteiger partial charge on any atom is -0.0154 e. The molecule has 0 aromatic rings. The van der Waals surface area contributed by atoms with E-state index in [0.717, 1.165) is 0 Å². The average Bonchev–Trinajstić information content (AvgIpc) is 1.86. The van der Waals surface area contributed by atoms with Gasteiger partial charge in [-0.2, -0.15) is 0 Å². The largest absolute Gasteiger partial charge is 0.104 e. The Hall–Kier alpha value is 0.430. The molecule has 0 rings (SSSR count). The summed E-state index contributed by atoms with van der Waals surface area (Å²) < 4.78 is 0. The quantitative estimate of drug-likeness (QED) is 0.550. The van der Waals surface area contributed by atoms with Gasteiger partial charge >= 0.3 is 0 Å². The fraction of sp³-hybridized carbons (Fsp3) is 1.00. The van der Waals surface area contributed by atoms with Crippen molar-refractivity contribution >= 4 is 7.92 Å². The van der Waals surface area contributed by atoms with E-state index in [9.17, 15) is 0 Å². The summed E-state index contributed by atoms with van der Waals surface area (Å²) in [6.45, 7) is 11.8. The van der Waals surface area contributed by atoms with Crippen molar-refractivity contribution in [2.24, 2.45) is 0 Å². The molecule has 0 heterocycles. The number of rotatable bonds is 4. The van der Waals surface area contributed by atoms with Gasteiger partial charge < -0.3 is 0 Å². The van der Waals surface area contributed by atoms with Crippen LogP contribution in [0.1, 0.15) is 40.5 Å². The van der Waals surface area contributed by atoms with E-state index in [2.05, 4.69) is 34.4 Å². The van der Waals surface area contributed by atoms with Gasteiger partial charge in [-0.15, -0.1) is 7.92 Å². The molecule has 0 bridgehead atoms. The van der Waals surface area contributed by atoms with E-state index >= 15 is 0 Å². The van der Waals surface area contributed by atoms with Gasteiger partial charge in [-0.3, -0.25) is 0 Å². The molecule has 0 aliphatic rings. The molecule has 0 aliphatic carbocycles. The molecule has 0 aromatic carbocycles. The third-order valence-electron chi connectivity index (χ3n) is 2.37. The zero-order valence-electron chi connectivity index (χ0n) is 8.07. The van der Waals surface area contributed by atoms with E-state index in [-0.39, 0.29) is 7.92 Å². The van der Waals surface area contributed by atoms with Crippen LogP contribution in [0.5, 0.6) is 0 Å². The number of hydrogen-bond acceptors (Lipinski definition) is 0. The average molecular weight is 160 g/mol. The second-order valence-electron chi connectivity index (χ2n) is 3.58. The highest BCUT2D eigenvalue weighted by Crippen LogP contribution is 2.48. The van der Waals surface area contributed by atoms with Crippen LogP contribution in [0.15, 0.2) is 0 Å². The van der Waals surface area contributed by atoms with Crippen molar-refractivity contribution in [2.45, 2.75) is 45.7 Å². The van der Waals surface area contributed by atoms with Crippen molar-refractivity contribution in [3.63, 3.8) is 0 Å². The highest BCUT2D eigenvalue weighted by molar-refractivity contribution is 7.58. The first-order chi connectivity index (χ1) is 4.54. The minimum Gasteiger partial charge on any atom is -0.104 e. The summed E-state index contributed by atoms with van der Waals surface area (Å²) in [6.07, 6.45) is 4.10. The molecule has 1 heteroatoms. The molecule has 1 unspecified atom stereocenters. The zero-order chi connectivity index (χ0) is 8.20. The molecule has 10 heavy (non-hydrogen) atoms. The smallest absolute Gasteiger partial charge is 0.0154 e. The van der Waals surface area contributed by atoms with E-state index < -0.39 is 0 Å². The molecule has 0 fully saturated rings. The lowest BCUT2D eigenvalue weighted by molar-refractivity contribution is 0.615. The van der Waals surface area contributed by atoms with E-state index in [1.54, 1.807) is 0 Å². The zero-order valence-corrected chi connectivity index (χ0v) is 8.96. The fourth-order valence-corrected chi connectivity index (χ4v) is 2.69. The Morgan fingerprint density at radius 3 is 2.00 bits per heavy atom. The first-order valence-electron chi connectivity index (χ1n) is 4.25. The molecule has 0 N–H and O–H groups in total. The Labute approximate surface area is 67.2 Å². The molecule has 0 aliphatic heterocycles. The Bertz CT molecular complexity index is 86.7. The van der Waals surface area contributed by atoms with E-state index in [1.165, 1.54) is 19.0 Å². The van der Waals surface area contributed by atoms with Crippen molar-refractivity contribution in [1.29, 1.82) is 0 Å². The van der Waals surface area contributed by atoms with Crippen LogP contribution in [0.3, 0.4) is 0 Å². The lowest BCUT2D eigenvalue weighted by atomic mass is 10.1. The summed E-state index contributed by atoms with van der Waals surface area (Å²) in [7, 11) is 0.273. The normalized spacial score (nSPS) is 15.3. The van der Waals surface area contributed by atoms with Gasteiger partial charge in [0.25, 0.3) is 0 Å². The first kappa shape index (κ1) is 10.4. The highest BCUT2D eigenvalue weighted by Gasteiger charge is 2.22. The lowest BCUT2D eigenvalue weighted by Crippen LogP contribution is -2.17. The molecule has 1 atom stereocenters. The minimum atomic E-state index is 0.273. The van der Waals surface area contributed by atoms with Crippen LogP contribution in [0.2, 0.25) is 0 Å². The Morgan fingerprint density at radius 1 is 1.20 bits per heavy atom. The van der Waals surface area contributed by atoms with Crippen LogP contribution in [-0.2, 0) is 0 Å². The van der Waals surface area contributed by atoms with Crippen molar-refractivity contribution in [1.82, 2.24) is 0 Å². The van der Waals surface area contributed by atoms with Crippen LogP contribution >= 0.6 is 7.92 Å². The molecule has 0 saturated carbocycles. The van der Waals surface area contributed by atoms with Crippen molar-refractivity contribution < 1.29 is 0 Å². The second-order valence-corrected chi connectivity index (χ2v) is 6.82. The summed E-state index contributed by atoms with van der Waals surface area (Å²) in [5, 5.41) is 0.624. The Morgan fingerprint density at radius 2 is 1.70 bits per heavy atom. The van der Waals surface area contributed by atoms with Crippen LogP contribution in [0.4, 0.5) is 0 Å². The molecule has 0 spiro atoms. The summed E-state index contributed by atoms with van der Waals surface area (Å²) in [6, 6.07) is 0. The van der Waals surface area contributed by atoms with E-state index in [0.29, 0.717) is 5.16 Å². The van der Waals surface area contributed by atoms with E-state index in [1.807, 2.05) is 0 Å². The molecular weight excluding hydrogens is 139 g/mol. The maximum atomic E-state index is 2.42.